The molecule has 2 rings (SSSR count). The van der Waals surface area contributed by atoms with E-state index in [9.17, 15) is 9.90 Å². The van der Waals surface area contributed by atoms with Crippen molar-refractivity contribution in [1.29, 1.82) is 0 Å². The molecule has 0 radical (unpaired) electrons. The van der Waals surface area contributed by atoms with Gasteiger partial charge in [-0.3, -0.25) is 9.48 Å². The van der Waals surface area contributed by atoms with Gasteiger partial charge >= 0.3 is 0 Å². The van der Waals surface area contributed by atoms with Gasteiger partial charge in [0.2, 0.25) is 0 Å². The summed E-state index contributed by atoms with van der Waals surface area (Å²) in [4.78, 5) is 11.8. The minimum absolute atomic E-state index is 0.165. The molecule has 0 saturated carbocycles. The fourth-order valence-electron chi connectivity index (χ4n) is 1.71. The molecule has 0 aliphatic rings. The Labute approximate surface area is 115 Å². The van der Waals surface area contributed by atoms with Crippen LogP contribution in [-0.2, 0) is 13.5 Å². The third kappa shape index (κ3) is 3.87. The van der Waals surface area contributed by atoms with E-state index in [-0.39, 0.29) is 18.1 Å². The van der Waals surface area contributed by atoms with Crippen LogP contribution in [0.3, 0.4) is 0 Å². The van der Waals surface area contributed by atoms with Crippen LogP contribution in [0.4, 0.5) is 0 Å². The Kier molecular flexibility index (Phi) is 3.96. The summed E-state index contributed by atoms with van der Waals surface area (Å²) in [6.45, 7) is 1.86. The molecule has 2 aromatic rings. The van der Waals surface area contributed by atoms with Crippen LogP contribution in [0.25, 0.3) is 0 Å². The van der Waals surface area contributed by atoms with Crippen LogP contribution in [0, 0.1) is 0 Å². The van der Waals surface area contributed by atoms with E-state index < -0.39 is 5.60 Å². The first-order valence-electron chi connectivity index (χ1n) is 5.84. The maximum atomic E-state index is 11.8. The van der Waals surface area contributed by atoms with Gasteiger partial charge in [0.25, 0.3) is 5.91 Å². The molecule has 2 aromatic heterocycles. The highest BCUT2D eigenvalue weighted by Gasteiger charge is 2.23. The van der Waals surface area contributed by atoms with Gasteiger partial charge in [-0.25, -0.2) is 0 Å². The lowest BCUT2D eigenvalue weighted by atomic mass is 9.98. The summed E-state index contributed by atoms with van der Waals surface area (Å²) in [5.74, 6) is -0.335. The number of aromatic nitrogens is 3. The number of nitrogens with zero attached hydrogens (tertiary/aromatic N) is 3. The monoisotopic (exact) mass is 280 g/mol. The molecular formula is C12H16N4O2S. The molecule has 19 heavy (non-hydrogen) atoms. The molecule has 6 nitrogen and oxygen atoms in total. The van der Waals surface area contributed by atoms with E-state index >= 15 is 0 Å². The molecule has 1 amide bonds. The first-order valence-corrected chi connectivity index (χ1v) is 6.78. The van der Waals surface area contributed by atoms with Crippen molar-refractivity contribution in [2.24, 2.45) is 7.05 Å². The summed E-state index contributed by atoms with van der Waals surface area (Å²) < 4.78 is 1.46. The molecule has 2 heterocycles. The number of thiophene rings is 1. The third-order valence-corrected chi connectivity index (χ3v) is 3.36. The fourth-order valence-corrected chi connectivity index (χ4v) is 2.38. The van der Waals surface area contributed by atoms with E-state index in [2.05, 4.69) is 15.6 Å². The lowest BCUT2D eigenvalue weighted by molar-refractivity contribution is 0.0552. The molecule has 1 atom stereocenters. The molecule has 0 saturated heterocycles. The van der Waals surface area contributed by atoms with Gasteiger partial charge in [-0.2, -0.15) is 11.3 Å². The Bertz CT molecular complexity index is 548. The van der Waals surface area contributed by atoms with Crippen LogP contribution < -0.4 is 5.32 Å². The molecule has 0 aromatic carbocycles. The fraction of sp³-hybridized carbons (Fsp3) is 0.417. The van der Waals surface area contributed by atoms with Crippen molar-refractivity contribution in [3.05, 3.63) is 34.3 Å². The van der Waals surface area contributed by atoms with E-state index in [4.69, 9.17) is 0 Å². The highest BCUT2D eigenvalue weighted by molar-refractivity contribution is 7.07. The second-order valence-corrected chi connectivity index (χ2v) is 5.55. The quantitative estimate of drug-likeness (QED) is 0.840. The molecular weight excluding hydrogens is 264 g/mol. The van der Waals surface area contributed by atoms with Crippen molar-refractivity contribution in [1.82, 2.24) is 20.3 Å². The van der Waals surface area contributed by atoms with Gasteiger partial charge < -0.3 is 10.4 Å². The van der Waals surface area contributed by atoms with Crippen molar-refractivity contribution in [3.8, 4) is 0 Å². The number of nitrogens with one attached hydrogen (secondary N) is 1. The topological polar surface area (TPSA) is 80.0 Å². The molecule has 0 fully saturated rings. The standard InChI is InChI=1S/C12H16N4O2S/c1-12(18,5-9-3-4-19-7-9)8-13-11(17)10-6-16(2)15-14-10/h3-4,6-7,18H,5,8H2,1-2H3,(H,13,17). The van der Waals surface area contributed by atoms with Gasteiger partial charge in [-0.15, -0.1) is 5.10 Å². The Morgan fingerprint density at radius 3 is 3.00 bits per heavy atom. The Balaban J connectivity index is 1.88. The van der Waals surface area contributed by atoms with Gasteiger partial charge in [-0.1, -0.05) is 5.21 Å². The number of aliphatic hydroxyl groups is 1. The van der Waals surface area contributed by atoms with Crippen LogP contribution in [0.2, 0.25) is 0 Å². The summed E-state index contributed by atoms with van der Waals surface area (Å²) in [7, 11) is 1.69. The van der Waals surface area contributed by atoms with Crippen LogP contribution in [0.5, 0.6) is 0 Å². The van der Waals surface area contributed by atoms with Crippen LogP contribution in [0.1, 0.15) is 23.0 Å². The van der Waals surface area contributed by atoms with Crippen molar-refractivity contribution in [3.63, 3.8) is 0 Å². The highest BCUT2D eigenvalue weighted by Crippen LogP contribution is 2.15. The van der Waals surface area contributed by atoms with Crippen molar-refractivity contribution < 1.29 is 9.90 Å². The summed E-state index contributed by atoms with van der Waals surface area (Å²) in [5, 5.41) is 24.2. The van der Waals surface area contributed by atoms with Gasteiger partial charge in [-0.05, 0) is 29.3 Å². The highest BCUT2D eigenvalue weighted by atomic mass is 32.1. The summed E-state index contributed by atoms with van der Waals surface area (Å²) in [6, 6.07) is 1.96. The van der Waals surface area contributed by atoms with Crippen LogP contribution in [-0.4, -0.2) is 38.2 Å². The summed E-state index contributed by atoms with van der Waals surface area (Å²) >= 11 is 1.58. The van der Waals surface area contributed by atoms with E-state index in [0.717, 1.165) is 5.56 Å². The maximum absolute atomic E-state index is 11.8. The average molecular weight is 280 g/mol. The minimum Gasteiger partial charge on any atom is -0.388 e. The second kappa shape index (κ2) is 5.50. The van der Waals surface area contributed by atoms with Crippen molar-refractivity contribution in [2.75, 3.05) is 6.54 Å². The van der Waals surface area contributed by atoms with Crippen molar-refractivity contribution >= 4 is 17.2 Å². The first-order chi connectivity index (χ1) is 8.96. The van der Waals surface area contributed by atoms with E-state index in [1.54, 1.807) is 25.3 Å². The van der Waals surface area contributed by atoms with Crippen LogP contribution in [0.15, 0.2) is 23.0 Å². The van der Waals surface area contributed by atoms with Crippen LogP contribution >= 0.6 is 11.3 Å². The molecule has 1 unspecified atom stereocenters. The Morgan fingerprint density at radius 2 is 2.42 bits per heavy atom. The predicted molar refractivity (Wildman–Crippen MR) is 72.0 cm³/mol. The van der Waals surface area contributed by atoms with Crippen molar-refractivity contribution in [2.45, 2.75) is 18.9 Å². The zero-order valence-electron chi connectivity index (χ0n) is 10.8. The first kappa shape index (κ1) is 13.7. The van der Waals surface area contributed by atoms with Gasteiger partial charge in [0.05, 0.1) is 11.8 Å². The molecule has 2 N–H and O–H groups in total. The lowest BCUT2D eigenvalue weighted by Crippen LogP contribution is -2.42. The zero-order chi connectivity index (χ0) is 13.9. The number of hydrogen-bond acceptors (Lipinski definition) is 5. The largest absolute Gasteiger partial charge is 0.388 e. The summed E-state index contributed by atoms with van der Waals surface area (Å²) in [6.07, 6.45) is 2.03. The number of aryl methyl sites for hydroxylation is 1. The lowest BCUT2D eigenvalue weighted by Gasteiger charge is -2.22. The van der Waals surface area contributed by atoms with Gasteiger partial charge in [0.15, 0.2) is 5.69 Å². The molecule has 0 spiro atoms. The van der Waals surface area contributed by atoms with Gasteiger partial charge in [0.1, 0.15) is 0 Å². The summed E-state index contributed by atoms with van der Waals surface area (Å²) in [5.41, 5.74) is 0.316. The molecule has 0 aliphatic carbocycles. The number of hydrogen-bond donors (Lipinski definition) is 2. The smallest absolute Gasteiger partial charge is 0.273 e. The van der Waals surface area contributed by atoms with E-state index in [1.165, 1.54) is 10.9 Å². The number of amides is 1. The molecule has 0 bridgehead atoms. The number of carbonyl (C=O) groups is 1. The predicted octanol–water partition coefficient (Wildman–Crippen LogP) is 0.600. The average Bonchev–Trinajstić information content (AvgIpc) is 2.97. The maximum Gasteiger partial charge on any atom is 0.273 e. The number of rotatable bonds is 5. The zero-order valence-corrected chi connectivity index (χ0v) is 11.6. The number of carbonyl (C=O) groups excluding carboxylic acids is 1. The second-order valence-electron chi connectivity index (χ2n) is 4.77. The third-order valence-electron chi connectivity index (χ3n) is 2.63. The normalized spacial score (nSPS) is 14.1. The van der Waals surface area contributed by atoms with E-state index in [1.807, 2.05) is 16.8 Å². The molecule has 0 aliphatic heterocycles. The van der Waals surface area contributed by atoms with Gasteiger partial charge in [0, 0.05) is 20.0 Å². The Morgan fingerprint density at radius 1 is 1.63 bits per heavy atom. The minimum atomic E-state index is -0.987. The molecule has 7 heteroatoms. The SMILES string of the molecule is Cn1cc(C(=O)NCC(C)(O)Cc2ccsc2)nn1. The molecule has 102 valence electrons. The Hall–Kier alpha value is -1.73. The van der Waals surface area contributed by atoms with E-state index in [0.29, 0.717) is 6.42 Å².